The summed E-state index contributed by atoms with van der Waals surface area (Å²) in [5.41, 5.74) is 12.3. The Morgan fingerprint density at radius 3 is 2.72 bits per heavy atom. The van der Waals surface area contributed by atoms with Crippen molar-refractivity contribution in [1.82, 2.24) is 9.36 Å². The van der Waals surface area contributed by atoms with Crippen LogP contribution in [0.1, 0.15) is 41.7 Å². The largest absolute Gasteiger partial charge is 0.365 e. The summed E-state index contributed by atoms with van der Waals surface area (Å²) >= 11 is 1.22. The monoisotopic (exact) mass is 364 g/mol. The fourth-order valence-corrected chi connectivity index (χ4v) is 3.59. The second-order valence-corrected chi connectivity index (χ2v) is 7.04. The Hall–Kier alpha value is -2.26. The van der Waals surface area contributed by atoms with Crippen molar-refractivity contribution in [2.24, 2.45) is 11.5 Å². The summed E-state index contributed by atoms with van der Waals surface area (Å²) in [6.07, 6.45) is 3.87. The number of halogens is 1. The standard InChI is InChI=1S/C16H21FN6OS/c1-8-6-13(25-23-8)21-15-9(14(19)24)7-10(17)16(22-15)20-12-5-3-2-4-11(12)18/h6-7,11-12H,2-5,18H2,1H3,(H2,19,24)(H2,20,21,22)/t11-,12+/m0/s1. The highest BCUT2D eigenvalue weighted by atomic mass is 32.1. The molecule has 0 aliphatic heterocycles. The highest BCUT2D eigenvalue weighted by Gasteiger charge is 2.24. The van der Waals surface area contributed by atoms with E-state index in [0.717, 1.165) is 37.4 Å². The van der Waals surface area contributed by atoms with E-state index in [1.807, 2.05) is 13.0 Å². The van der Waals surface area contributed by atoms with Gasteiger partial charge in [-0.15, -0.1) is 0 Å². The Morgan fingerprint density at radius 1 is 1.32 bits per heavy atom. The molecule has 2 heterocycles. The predicted octanol–water partition coefficient (Wildman–Crippen LogP) is 2.51. The SMILES string of the molecule is Cc1cc(Nc2nc(N[C@@H]3CCCC[C@@H]3N)c(F)cc2C(N)=O)sn1. The molecule has 134 valence electrons. The second-order valence-electron chi connectivity index (χ2n) is 6.24. The minimum Gasteiger partial charge on any atom is -0.365 e. The quantitative estimate of drug-likeness (QED) is 0.647. The van der Waals surface area contributed by atoms with Crippen molar-refractivity contribution in [3.05, 3.63) is 29.2 Å². The molecule has 2 aromatic heterocycles. The molecule has 1 fully saturated rings. The normalized spacial score (nSPS) is 20.3. The first kappa shape index (κ1) is 17.6. The molecule has 1 saturated carbocycles. The maximum Gasteiger partial charge on any atom is 0.252 e. The molecule has 2 aromatic rings. The van der Waals surface area contributed by atoms with Gasteiger partial charge in [-0.2, -0.15) is 4.37 Å². The Labute approximate surface area is 149 Å². The van der Waals surface area contributed by atoms with Gasteiger partial charge in [-0.1, -0.05) is 12.8 Å². The maximum atomic E-state index is 14.4. The number of pyridine rings is 1. The summed E-state index contributed by atoms with van der Waals surface area (Å²) in [5.74, 6) is -1.12. The van der Waals surface area contributed by atoms with Gasteiger partial charge in [0.15, 0.2) is 11.6 Å². The van der Waals surface area contributed by atoms with Crippen LogP contribution < -0.4 is 22.1 Å². The van der Waals surface area contributed by atoms with Crippen LogP contribution in [-0.4, -0.2) is 27.3 Å². The number of rotatable bonds is 5. The number of anilines is 3. The molecule has 3 rings (SSSR count). The van der Waals surface area contributed by atoms with Gasteiger partial charge in [0, 0.05) is 12.1 Å². The maximum absolute atomic E-state index is 14.4. The first-order valence-electron chi connectivity index (χ1n) is 8.17. The zero-order valence-corrected chi connectivity index (χ0v) is 14.7. The smallest absolute Gasteiger partial charge is 0.252 e. The van der Waals surface area contributed by atoms with Gasteiger partial charge in [0.05, 0.1) is 11.3 Å². The van der Waals surface area contributed by atoms with E-state index in [2.05, 4.69) is 20.0 Å². The molecular formula is C16H21FN6OS. The molecule has 9 heteroatoms. The van der Waals surface area contributed by atoms with E-state index < -0.39 is 11.7 Å². The van der Waals surface area contributed by atoms with Crippen molar-refractivity contribution in [1.29, 1.82) is 0 Å². The zero-order valence-electron chi connectivity index (χ0n) is 13.9. The minimum absolute atomic E-state index is 0.0120. The molecule has 1 aliphatic rings. The van der Waals surface area contributed by atoms with E-state index in [0.29, 0.717) is 5.00 Å². The summed E-state index contributed by atoms with van der Waals surface area (Å²) in [4.78, 5) is 15.9. The molecule has 0 aromatic carbocycles. The van der Waals surface area contributed by atoms with Crippen molar-refractivity contribution in [3.63, 3.8) is 0 Å². The number of hydrogen-bond donors (Lipinski definition) is 4. The summed E-state index contributed by atoms with van der Waals surface area (Å²) in [7, 11) is 0. The molecule has 25 heavy (non-hydrogen) atoms. The first-order chi connectivity index (χ1) is 11.9. The molecule has 0 spiro atoms. The summed E-state index contributed by atoms with van der Waals surface area (Å²) in [5, 5.41) is 6.77. The summed E-state index contributed by atoms with van der Waals surface area (Å²) in [6, 6.07) is 2.81. The Balaban J connectivity index is 1.90. The number of carbonyl (C=O) groups excluding carboxylic acids is 1. The molecule has 0 unspecified atom stereocenters. The number of aryl methyl sites for hydroxylation is 1. The van der Waals surface area contributed by atoms with Crippen molar-refractivity contribution < 1.29 is 9.18 Å². The molecule has 0 radical (unpaired) electrons. The van der Waals surface area contributed by atoms with Crippen LogP contribution in [0, 0.1) is 12.7 Å². The lowest BCUT2D eigenvalue weighted by atomic mass is 9.91. The van der Waals surface area contributed by atoms with Crippen LogP contribution in [-0.2, 0) is 0 Å². The molecule has 2 atom stereocenters. The lowest BCUT2D eigenvalue weighted by molar-refractivity contribution is 0.100. The van der Waals surface area contributed by atoms with Crippen LogP contribution in [0.2, 0.25) is 0 Å². The number of nitrogens with one attached hydrogen (secondary N) is 2. The van der Waals surface area contributed by atoms with E-state index in [1.54, 1.807) is 0 Å². The van der Waals surface area contributed by atoms with Gasteiger partial charge >= 0.3 is 0 Å². The fourth-order valence-electron chi connectivity index (χ4n) is 2.93. The average Bonchev–Trinajstić information content (AvgIpc) is 2.97. The summed E-state index contributed by atoms with van der Waals surface area (Å²) in [6.45, 7) is 1.85. The van der Waals surface area contributed by atoms with E-state index in [1.165, 1.54) is 11.5 Å². The molecule has 7 nitrogen and oxygen atoms in total. The van der Waals surface area contributed by atoms with Crippen molar-refractivity contribution in [2.45, 2.75) is 44.7 Å². The van der Waals surface area contributed by atoms with Gasteiger partial charge < -0.3 is 22.1 Å². The molecule has 0 bridgehead atoms. The average molecular weight is 364 g/mol. The van der Waals surface area contributed by atoms with Crippen molar-refractivity contribution >= 4 is 34.1 Å². The van der Waals surface area contributed by atoms with E-state index in [-0.39, 0.29) is 29.3 Å². The number of nitrogens with zero attached hydrogens (tertiary/aromatic N) is 2. The van der Waals surface area contributed by atoms with E-state index >= 15 is 0 Å². The van der Waals surface area contributed by atoms with Gasteiger partial charge in [0.25, 0.3) is 5.91 Å². The van der Waals surface area contributed by atoms with Gasteiger partial charge in [-0.05, 0) is 43.4 Å². The molecule has 1 amide bonds. The lowest BCUT2D eigenvalue weighted by Gasteiger charge is -2.30. The lowest BCUT2D eigenvalue weighted by Crippen LogP contribution is -2.43. The summed E-state index contributed by atoms with van der Waals surface area (Å²) < 4.78 is 18.6. The molecular weight excluding hydrogens is 343 g/mol. The fraction of sp³-hybridized carbons (Fsp3) is 0.438. The van der Waals surface area contributed by atoms with Crippen LogP contribution in [0.4, 0.5) is 21.0 Å². The Bertz CT molecular complexity index is 780. The number of hydrogen-bond acceptors (Lipinski definition) is 7. The third-order valence-electron chi connectivity index (χ3n) is 4.25. The highest BCUT2D eigenvalue weighted by molar-refractivity contribution is 7.10. The number of carbonyl (C=O) groups is 1. The predicted molar refractivity (Wildman–Crippen MR) is 96.7 cm³/mol. The second kappa shape index (κ2) is 7.32. The van der Waals surface area contributed by atoms with Gasteiger partial charge in [-0.25, -0.2) is 9.37 Å². The number of amides is 1. The molecule has 1 aliphatic carbocycles. The van der Waals surface area contributed by atoms with Gasteiger partial charge in [-0.3, -0.25) is 4.79 Å². The number of aromatic nitrogens is 2. The minimum atomic E-state index is -0.754. The zero-order chi connectivity index (χ0) is 18.0. The molecule has 6 N–H and O–H groups in total. The van der Waals surface area contributed by atoms with Gasteiger partial charge in [0.1, 0.15) is 10.8 Å². The third-order valence-corrected chi connectivity index (χ3v) is 5.05. The van der Waals surface area contributed by atoms with Crippen molar-refractivity contribution in [3.8, 4) is 0 Å². The van der Waals surface area contributed by atoms with Crippen LogP contribution in [0.25, 0.3) is 0 Å². The van der Waals surface area contributed by atoms with E-state index in [4.69, 9.17) is 11.5 Å². The third kappa shape index (κ3) is 4.05. The van der Waals surface area contributed by atoms with E-state index in [9.17, 15) is 9.18 Å². The number of primary amides is 1. The first-order valence-corrected chi connectivity index (χ1v) is 8.94. The Kier molecular flexibility index (Phi) is 5.14. The highest BCUT2D eigenvalue weighted by Crippen LogP contribution is 2.28. The van der Waals surface area contributed by atoms with Crippen molar-refractivity contribution in [2.75, 3.05) is 10.6 Å². The topological polar surface area (TPSA) is 119 Å². The molecule has 0 saturated heterocycles. The number of nitrogens with two attached hydrogens (primary N) is 2. The van der Waals surface area contributed by atoms with Crippen LogP contribution in [0.3, 0.4) is 0 Å². The van der Waals surface area contributed by atoms with Crippen LogP contribution in [0.5, 0.6) is 0 Å². The van der Waals surface area contributed by atoms with Gasteiger partial charge in [0.2, 0.25) is 0 Å². The Morgan fingerprint density at radius 2 is 2.08 bits per heavy atom. The van der Waals surface area contributed by atoms with Crippen LogP contribution >= 0.6 is 11.5 Å². The van der Waals surface area contributed by atoms with Crippen LogP contribution in [0.15, 0.2) is 12.1 Å².